The Balaban J connectivity index is 1.53. The van der Waals surface area contributed by atoms with Gasteiger partial charge in [-0.2, -0.15) is 0 Å². The lowest BCUT2D eigenvalue weighted by molar-refractivity contribution is -0.133. The summed E-state index contributed by atoms with van der Waals surface area (Å²) in [6.45, 7) is 8.24. The molecule has 0 saturated carbocycles. The zero-order valence-corrected chi connectivity index (χ0v) is 28.2. The molecule has 1 aliphatic heterocycles. The van der Waals surface area contributed by atoms with Crippen LogP contribution in [0.5, 0.6) is 17.2 Å². The van der Waals surface area contributed by atoms with Crippen molar-refractivity contribution in [3.63, 3.8) is 0 Å². The van der Waals surface area contributed by atoms with Crippen LogP contribution in [0.4, 0.5) is 11.4 Å². The molecule has 2 amide bonds. The number of nitrogens with one attached hydrogen (secondary N) is 2. The number of aryl methyl sites for hydroxylation is 1. The summed E-state index contributed by atoms with van der Waals surface area (Å²) in [7, 11) is 4.71. The quantitative estimate of drug-likeness (QED) is 0.317. The van der Waals surface area contributed by atoms with Crippen molar-refractivity contribution in [1.82, 2.24) is 10.2 Å². The third-order valence-corrected chi connectivity index (χ3v) is 9.42. The minimum absolute atomic E-state index is 0.0144. The van der Waals surface area contributed by atoms with Crippen LogP contribution in [-0.4, -0.2) is 70.3 Å². The molecule has 10 nitrogen and oxygen atoms in total. The number of amides is 2. The van der Waals surface area contributed by atoms with Gasteiger partial charge in [0.1, 0.15) is 6.04 Å². The Morgan fingerprint density at radius 1 is 0.936 bits per heavy atom. The molecule has 1 saturated heterocycles. The molecule has 3 atom stereocenters. The van der Waals surface area contributed by atoms with Crippen LogP contribution in [0.1, 0.15) is 50.8 Å². The number of methoxy groups -OCH3 is 3. The van der Waals surface area contributed by atoms with Crippen molar-refractivity contribution >= 4 is 23.2 Å². The largest absolute Gasteiger partial charge is 0.493 e. The van der Waals surface area contributed by atoms with Gasteiger partial charge in [-0.1, -0.05) is 44.5 Å². The molecule has 2 N–H and O–H groups in total. The Bertz CT molecular complexity index is 1660. The van der Waals surface area contributed by atoms with E-state index in [1.807, 2.05) is 49.1 Å². The number of anilines is 2. The maximum Gasteiger partial charge on any atom is 0.245 e. The van der Waals surface area contributed by atoms with Crippen LogP contribution in [0, 0.1) is 5.92 Å². The fourth-order valence-electron chi connectivity index (χ4n) is 6.70. The molecule has 1 fully saturated rings. The minimum atomic E-state index is -0.587. The third-order valence-electron chi connectivity index (χ3n) is 9.42. The molecule has 0 aromatic heterocycles. The van der Waals surface area contributed by atoms with E-state index in [1.165, 1.54) is 6.92 Å². The van der Waals surface area contributed by atoms with Crippen molar-refractivity contribution in [3.8, 4) is 28.4 Å². The van der Waals surface area contributed by atoms with Gasteiger partial charge < -0.3 is 34.6 Å². The highest BCUT2D eigenvalue weighted by molar-refractivity contribution is 5.86. The van der Waals surface area contributed by atoms with E-state index < -0.39 is 12.1 Å². The number of rotatable bonds is 10. The molecule has 250 valence electrons. The van der Waals surface area contributed by atoms with E-state index >= 15 is 0 Å². The summed E-state index contributed by atoms with van der Waals surface area (Å²) in [6, 6.07) is 16.4. The summed E-state index contributed by atoms with van der Waals surface area (Å²) in [6.07, 6.45) is 1.93. The van der Waals surface area contributed by atoms with Gasteiger partial charge in [-0.3, -0.25) is 14.4 Å². The van der Waals surface area contributed by atoms with Gasteiger partial charge in [0.25, 0.3) is 0 Å². The van der Waals surface area contributed by atoms with Crippen molar-refractivity contribution in [1.29, 1.82) is 0 Å². The van der Waals surface area contributed by atoms with Gasteiger partial charge in [0, 0.05) is 44.4 Å². The summed E-state index contributed by atoms with van der Waals surface area (Å²) in [5, 5.41) is 6.41. The molecule has 1 heterocycles. The fourth-order valence-corrected chi connectivity index (χ4v) is 6.70. The molecular formula is C37H46N4O6. The number of nitrogens with zero attached hydrogens (tertiary/aromatic N) is 2. The first-order chi connectivity index (χ1) is 22.7. The SMILES string of the molecule is CCC(C)C(Nc1ccc2c(cc1=O)C(NC(C)=O)CCc1cc(OC)c(OC)c(OC)c1-2)C(=O)N1CCN(c2ccccc2)CC1. The normalized spacial score (nSPS) is 16.9. The molecule has 47 heavy (non-hydrogen) atoms. The standard InChI is InChI=1S/C37H46N4O6/c1-7-23(2)34(37(44)41-19-17-40(18-20-41)26-11-9-8-10-12-26)39-30-16-14-27-28(22-31(30)43)29(38-24(3)42)15-13-25-21-32(45-4)35(46-5)36(47-6)33(25)27/h8-12,14,16,21-23,29,34H,7,13,15,17-20H2,1-6H3,(H,38,42)(H,39,43). The summed E-state index contributed by atoms with van der Waals surface area (Å²) in [5.74, 6) is 1.23. The van der Waals surface area contributed by atoms with Crippen LogP contribution < -0.4 is 35.2 Å². The smallest absolute Gasteiger partial charge is 0.245 e. The molecular weight excluding hydrogens is 596 g/mol. The highest BCUT2D eigenvalue weighted by Crippen LogP contribution is 2.50. The number of hydrogen-bond acceptors (Lipinski definition) is 8. The summed E-state index contributed by atoms with van der Waals surface area (Å²) in [5.41, 5.74) is 4.34. The number of fused-ring (bicyclic) bond motifs is 3. The van der Waals surface area contributed by atoms with Crippen molar-refractivity contribution in [2.45, 2.75) is 52.1 Å². The van der Waals surface area contributed by atoms with Gasteiger partial charge in [-0.15, -0.1) is 0 Å². The van der Waals surface area contributed by atoms with E-state index in [1.54, 1.807) is 33.5 Å². The van der Waals surface area contributed by atoms with E-state index in [0.29, 0.717) is 54.4 Å². The van der Waals surface area contributed by atoms with Gasteiger partial charge in [0.05, 0.1) is 33.1 Å². The maximum atomic E-state index is 14.0. The lowest BCUT2D eigenvalue weighted by Gasteiger charge is -2.38. The average molecular weight is 643 g/mol. The molecule has 3 unspecified atom stereocenters. The molecule has 5 rings (SSSR count). The van der Waals surface area contributed by atoms with E-state index in [9.17, 15) is 14.4 Å². The average Bonchev–Trinajstić information content (AvgIpc) is 3.33. The predicted octanol–water partition coefficient (Wildman–Crippen LogP) is 5.04. The highest BCUT2D eigenvalue weighted by atomic mass is 16.5. The van der Waals surface area contributed by atoms with Crippen LogP contribution >= 0.6 is 0 Å². The number of piperazine rings is 1. The number of hydrogen-bond donors (Lipinski definition) is 2. The van der Waals surface area contributed by atoms with Crippen molar-refractivity contribution in [2.24, 2.45) is 5.92 Å². The molecule has 0 radical (unpaired) electrons. The summed E-state index contributed by atoms with van der Waals surface area (Å²) >= 11 is 0. The van der Waals surface area contributed by atoms with Gasteiger partial charge >= 0.3 is 0 Å². The topological polar surface area (TPSA) is 109 Å². The second kappa shape index (κ2) is 14.8. The lowest BCUT2D eigenvalue weighted by atomic mass is 9.95. The van der Waals surface area contributed by atoms with Crippen LogP contribution in [0.25, 0.3) is 11.1 Å². The molecule has 0 spiro atoms. The van der Waals surface area contributed by atoms with E-state index in [2.05, 4.69) is 27.7 Å². The Hall–Kier alpha value is -4.73. The van der Waals surface area contributed by atoms with Crippen LogP contribution in [0.3, 0.4) is 0 Å². The van der Waals surface area contributed by atoms with Gasteiger partial charge in [0.15, 0.2) is 11.5 Å². The first-order valence-electron chi connectivity index (χ1n) is 16.3. The Kier molecular flexibility index (Phi) is 10.6. The second-order valence-corrected chi connectivity index (χ2v) is 12.3. The van der Waals surface area contributed by atoms with Crippen LogP contribution in [0.15, 0.2) is 59.4 Å². The summed E-state index contributed by atoms with van der Waals surface area (Å²) in [4.78, 5) is 44.5. The molecule has 10 heteroatoms. The van der Waals surface area contributed by atoms with Crippen LogP contribution in [0.2, 0.25) is 0 Å². The van der Waals surface area contributed by atoms with Crippen molar-refractivity contribution in [3.05, 3.63) is 75.9 Å². The van der Waals surface area contributed by atoms with Crippen molar-refractivity contribution in [2.75, 3.05) is 57.7 Å². The Morgan fingerprint density at radius 2 is 1.64 bits per heavy atom. The molecule has 3 aromatic carbocycles. The lowest BCUT2D eigenvalue weighted by Crippen LogP contribution is -2.54. The molecule has 1 aliphatic carbocycles. The number of carbonyl (C=O) groups is 2. The second-order valence-electron chi connectivity index (χ2n) is 12.3. The third kappa shape index (κ3) is 7.01. The van der Waals surface area contributed by atoms with Crippen LogP contribution in [-0.2, 0) is 16.0 Å². The Labute approximate surface area is 277 Å². The number of carbonyl (C=O) groups excluding carboxylic acids is 2. The Morgan fingerprint density at radius 3 is 2.26 bits per heavy atom. The van der Waals surface area contributed by atoms with E-state index in [0.717, 1.165) is 41.9 Å². The zero-order chi connectivity index (χ0) is 33.7. The predicted molar refractivity (Wildman–Crippen MR) is 185 cm³/mol. The number of para-hydroxylation sites is 1. The molecule has 0 bridgehead atoms. The van der Waals surface area contributed by atoms with Gasteiger partial charge in [-0.25, -0.2) is 0 Å². The molecule has 3 aromatic rings. The van der Waals surface area contributed by atoms with E-state index in [-0.39, 0.29) is 23.2 Å². The maximum absolute atomic E-state index is 14.0. The first kappa shape index (κ1) is 33.6. The highest BCUT2D eigenvalue weighted by Gasteiger charge is 2.33. The zero-order valence-electron chi connectivity index (χ0n) is 28.2. The first-order valence-corrected chi connectivity index (χ1v) is 16.3. The fraction of sp³-hybridized carbons (Fsp3) is 0.432. The van der Waals surface area contributed by atoms with Gasteiger partial charge in [0.2, 0.25) is 23.0 Å². The number of benzene rings is 2. The number of ether oxygens (including phenoxy) is 3. The summed E-state index contributed by atoms with van der Waals surface area (Å²) < 4.78 is 17.2. The minimum Gasteiger partial charge on any atom is -0.493 e. The van der Waals surface area contributed by atoms with Crippen molar-refractivity contribution < 1.29 is 23.8 Å². The molecule has 2 aliphatic rings. The monoisotopic (exact) mass is 642 g/mol. The van der Waals surface area contributed by atoms with E-state index in [4.69, 9.17) is 14.2 Å². The van der Waals surface area contributed by atoms with Gasteiger partial charge in [-0.05, 0) is 65.8 Å².